The fourth-order valence-electron chi connectivity index (χ4n) is 3.37. The molecule has 0 aliphatic rings. The molecule has 2 aromatic heterocycles. The summed E-state index contributed by atoms with van der Waals surface area (Å²) in [6, 6.07) is 11.7. The van der Waals surface area contributed by atoms with Crippen molar-refractivity contribution in [2.45, 2.75) is 39.3 Å². The number of amides is 1. The van der Waals surface area contributed by atoms with Crippen molar-refractivity contribution in [1.29, 1.82) is 0 Å². The van der Waals surface area contributed by atoms with Crippen molar-refractivity contribution in [3.8, 4) is 0 Å². The average Bonchev–Trinajstić information content (AvgIpc) is 3.04. The van der Waals surface area contributed by atoms with Gasteiger partial charge in [0.25, 0.3) is 0 Å². The minimum absolute atomic E-state index is 0.0474. The molecule has 0 N–H and O–H groups in total. The van der Waals surface area contributed by atoms with E-state index < -0.39 is 21.9 Å². The van der Waals surface area contributed by atoms with Crippen LogP contribution < -0.4 is 0 Å². The van der Waals surface area contributed by atoms with E-state index in [9.17, 15) is 13.2 Å². The van der Waals surface area contributed by atoms with Crippen molar-refractivity contribution in [3.63, 3.8) is 0 Å². The number of carbonyl (C=O) groups excluding carboxylic acids is 1. The van der Waals surface area contributed by atoms with Gasteiger partial charge in [0.15, 0.2) is 0 Å². The van der Waals surface area contributed by atoms with Gasteiger partial charge in [-0.2, -0.15) is 17.0 Å². The summed E-state index contributed by atoms with van der Waals surface area (Å²) in [5.41, 5.74) is 2.01. The third kappa shape index (κ3) is 6.13. The fourth-order valence-corrected chi connectivity index (χ4v) is 4.66. The highest BCUT2D eigenvalue weighted by Crippen LogP contribution is 2.27. The Morgan fingerprint density at radius 2 is 1.91 bits per heavy atom. The lowest BCUT2D eigenvalue weighted by Crippen LogP contribution is -2.46. The van der Waals surface area contributed by atoms with E-state index in [4.69, 9.17) is 4.74 Å². The maximum atomic E-state index is 12.9. The van der Waals surface area contributed by atoms with E-state index in [1.165, 1.54) is 14.1 Å². The fraction of sp³-hybridized carbons (Fsp3) is 0.391. The molecule has 0 aliphatic heterocycles. The summed E-state index contributed by atoms with van der Waals surface area (Å²) in [7, 11) is -1.23. The Balaban J connectivity index is 1.94. The van der Waals surface area contributed by atoms with Crippen molar-refractivity contribution in [2.24, 2.45) is 0 Å². The van der Waals surface area contributed by atoms with E-state index in [1.54, 1.807) is 27.0 Å². The minimum atomic E-state index is -4.01. The molecule has 3 rings (SSSR count). The second-order valence-corrected chi connectivity index (χ2v) is 11.8. The maximum absolute atomic E-state index is 12.9. The first-order chi connectivity index (χ1) is 15.4. The molecule has 0 fully saturated rings. The summed E-state index contributed by atoms with van der Waals surface area (Å²) in [5, 5.41) is 0.987. The molecule has 0 spiro atoms. The van der Waals surface area contributed by atoms with Crippen LogP contribution >= 0.6 is 15.9 Å². The van der Waals surface area contributed by atoms with Gasteiger partial charge in [-0.25, -0.2) is 4.79 Å². The van der Waals surface area contributed by atoms with Crippen LogP contribution in [0.15, 0.2) is 53.3 Å². The number of fused-ring (bicyclic) bond motifs is 1. The highest BCUT2D eigenvalue weighted by Gasteiger charge is 2.33. The van der Waals surface area contributed by atoms with Gasteiger partial charge < -0.3 is 9.30 Å². The van der Waals surface area contributed by atoms with Crippen molar-refractivity contribution in [2.75, 3.05) is 20.6 Å². The summed E-state index contributed by atoms with van der Waals surface area (Å²) >= 11 is 3.53. The van der Waals surface area contributed by atoms with Crippen LogP contribution in [0.1, 0.15) is 32.0 Å². The molecule has 0 radical (unpaired) electrons. The van der Waals surface area contributed by atoms with Crippen molar-refractivity contribution in [3.05, 3.63) is 64.5 Å². The molecular weight excluding hydrogens is 508 g/mol. The Bertz CT molecular complexity index is 1230. The number of rotatable bonds is 7. The molecule has 0 bridgehead atoms. The molecule has 0 unspecified atom stereocenters. The van der Waals surface area contributed by atoms with E-state index in [-0.39, 0.29) is 6.54 Å². The molecule has 1 amide bonds. The van der Waals surface area contributed by atoms with Gasteiger partial charge in [-0.1, -0.05) is 28.1 Å². The van der Waals surface area contributed by atoms with Gasteiger partial charge >= 0.3 is 16.3 Å². The van der Waals surface area contributed by atoms with Crippen LogP contribution in [0.25, 0.3) is 10.9 Å². The molecular formula is C23H29BrN4O4S. The quantitative estimate of drug-likeness (QED) is 0.445. The Morgan fingerprint density at radius 1 is 1.18 bits per heavy atom. The number of pyridine rings is 1. The Kier molecular flexibility index (Phi) is 7.50. The standard InChI is InChI=1S/C23H29BrN4O4S/c1-23(2,3)32-22(29)28(33(30,31)26(4)5)13-11-17-15-27(16-19-8-6-7-12-25-19)21-14-18(24)9-10-20(17)21/h6-10,12,14-15H,11,13,16H2,1-5H3. The number of aromatic nitrogens is 2. The summed E-state index contributed by atoms with van der Waals surface area (Å²) in [5.74, 6) is 0. The lowest BCUT2D eigenvalue weighted by Gasteiger charge is -2.28. The predicted molar refractivity (Wildman–Crippen MR) is 132 cm³/mol. The van der Waals surface area contributed by atoms with E-state index in [0.29, 0.717) is 13.0 Å². The number of hydrogen-bond donors (Lipinski definition) is 0. The van der Waals surface area contributed by atoms with Gasteiger partial charge in [0, 0.05) is 48.4 Å². The predicted octanol–water partition coefficient (Wildman–Crippen LogP) is 4.43. The Hall–Kier alpha value is -2.43. The van der Waals surface area contributed by atoms with Crippen molar-refractivity contribution >= 4 is 43.1 Å². The molecule has 3 aromatic rings. The number of benzene rings is 1. The number of carbonyl (C=O) groups is 1. The third-order valence-electron chi connectivity index (χ3n) is 4.91. The minimum Gasteiger partial charge on any atom is -0.443 e. The van der Waals surface area contributed by atoms with Crippen LogP contribution in [0.3, 0.4) is 0 Å². The first-order valence-corrected chi connectivity index (χ1v) is 12.7. The molecule has 0 aliphatic carbocycles. The number of hydrogen-bond acceptors (Lipinski definition) is 5. The SMILES string of the molecule is CN(C)S(=O)(=O)N(CCc1cn(Cc2ccccn2)c2cc(Br)ccc12)C(=O)OC(C)(C)C. The summed E-state index contributed by atoms with van der Waals surface area (Å²) < 4.78 is 35.9. The number of halogens is 1. The smallest absolute Gasteiger partial charge is 0.425 e. The molecule has 178 valence electrons. The molecule has 2 heterocycles. The highest BCUT2D eigenvalue weighted by molar-refractivity contribution is 9.10. The molecule has 33 heavy (non-hydrogen) atoms. The zero-order valence-corrected chi connectivity index (χ0v) is 21.9. The second-order valence-electron chi connectivity index (χ2n) is 8.86. The molecule has 0 saturated heterocycles. The first kappa shape index (κ1) is 25.2. The van der Waals surface area contributed by atoms with E-state index >= 15 is 0 Å². The zero-order valence-electron chi connectivity index (χ0n) is 19.4. The maximum Gasteiger partial charge on any atom is 0.425 e. The average molecular weight is 537 g/mol. The van der Waals surface area contributed by atoms with Crippen LogP contribution in [-0.4, -0.2) is 58.9 Å². The van der Waals surface area contributed by atoms with Gasteiger partial charge in [0.2, 0.25) is 0 Å². The van der Waals surface area contributed by atoms with Gasteiger partial charge in [-0.05, 0) is 57.0 Å². The van der Waals surface area contributed by atoms with Crippen LogP contribution in [0.4, 0.5) is 4.79 Å². The molecule has 10 heteroatoms. The monoisotopic (exact) mass is 536 g/mol. The molecule has 8 nitrogen and oxygen atoms in total. The lowest BCUT2D eigenvalue weighted by molar-refractivity contribution is 0.0385. The molecule has 0 atom stereocenters. The zero-order chi connectivity index (χ0) is 24.4. The largest absolute Gasteiger partial charge is 0.443 e. The normalized spacial score (nSPS) is 12.3. The number of ether oxygens (including phenoxy) is 1. The van der Waals surface area contributed by atoms with Gasteiger partial charge in [0.05, 0.1) is 12.2 Å². The van der Waals surface area contributed by atoms with Crippen LogP contribution in [-0.2, 0) is 27.9 Å². The van der Waals surface area contributed by atoms with Crippen LogP contribution in [0, 0.1) is 0 Å². The van der Waals surface area contributed by atoms with Crippen molar-refractivity contribution < 1.29 is 17.9 Å². The summed E-state index contributed by atoms with van der Waals surface area (Å²) in [6.07, 6.45) is 3.18. The summed E-state index contributed by atoms with van der Waals surface area (Å²) in [6.45, 7) is 5.63. The summed E-state index contributed by atoms with van der Waals surface area (Å²) in [4.78, 5) is 17.2. The van der Waals surface area contributed by atoms with Gasteiger partial charge in [0.1, 0.15) is 5.60 Å². The van der Waals surface area contributed by atoms with Gasteiger partial charge in [-0.15, -0.1) is 0 Å². The van der Waals surface area contributed by atoms with Crippen molar-refractivity contribution in [1.82, 2.24) is 18.2 Å². The van der Waals surface area contributed by atoms with E-state index in [1.807, 2.05) is 42.6 Å². The van der Waals surface area contributed by atoms with Crippen LogP contribution in [0.5, 0.6) is 0 Å². The molecule has 0 saturated carbocycles. The Morgan fingerprint density at radius 3 is 2.52 bits per heavy atom. The Labute approximate surface area is 203 Å². The number of nitrogens with zero attached hydrogens (tertiary/aromatic N) is 4. The first-order valence-electron chi connectivity index (χ1n) is 10.5. The van der Waals surface area contributed by atoms with Gasteiger partial charge in [-0.3, -0.25) is 4.98 Å². The van der Waals surface area contributed by atoms with E-state index in [2.05, 4.69) is 25.5 Å². The lowest BCUT2D eigenvalue weighted by atomic mass is 10.1. The van der Waals surface area contributed by atoms with E-state index in [0.717, 1.165) is 35.2 Å². The topological polar surface area (TPSA) is 84.7 Å². The third-order valence-corrected chi connectivity index (χ3v) is 7.21. The highest BCUT2D eigenvalue weighted by atomic mass is 79.9. The second kappa shape index (κ2) is 9.82. The van der Waals surface area contributed by atoms with Crippen LogP contribution in [0.2, 0.25) is 0 Å². The molecule has 1 aromatic carbocycles.